The van der Waals surface area contributed by atoms with Crippen LogP contribution in [0.5, 0.6) is 0 Å². The molecule has 0 saturated carbocycles. The Morgan fingerprint density at radius 2 is 2.00 bits per heavy atom. The van der Waals surface area contributed by atoms with Crippen molar-refractivity contribution in [1.29, 1.82) is 0 Å². The molecule has 1 amide bonds. The van der Waals surface area contributed by atoms with E-state index in [1.807, 2.05) is 0 Å². The molecule has 1 N–H and O–H groups in total. The number of carbonyl (C=O) groups excluding carboxylic acids is 1. The predicted molar refractivity (Wildman–Crippen MR) is 87.1 cm³/mol. The van der Waals surface area contributed by atoms with Crippen molar-refractivity contribution >= 4 is 40.4 Å². The van der Waals surface area contributed by atoms with Gasteiger partial charge < -0.3 is 10.2 Å². The Morgan fingerprint density at radius 3 is 2.61 bits per heavy atom. The van der Waals surface area contributed by atoms with Crippen molar-refractivity contribution in [2.24, 2.45) is 0 Å². The number of nitrogens with zero attached hydrogens (tertiary/aromatic N) is 3. The summed E-state index contributed by atoms with van der Waals surface area (Å²) in [5, 5.41) is 9.97. The van der Waals surface area contributed by atoms with Crippen molar-refractivity contribution in [3.63, 3.8) is 0 Å². The average molecular weight is 356 g/mol. The summed E-state index contributed by atoms with van der Waals surface area (Å²) in [5.41, 5.74) is 1.68. The van der Waals surface area contributed by atoms with Gasteiger partial charge in [-0.05, 0) is 25.0 Å². The van der Waals surface area contributed by atoms with E-state index in [4.69, 9.17) is 0 Å². The molecular weight excluding hydrogens is 342 g/mol. The molecule has 0 radical (unpaired) electrons. The quantitative estimate of drug-likeness (QED) is 0.834. The van der Waals surface area contributed by atoms with E-state index < -0.39 is 11.6 Å². The van der Waals surface area contributed by atoms with Gasteiger partial charge in [-0.25, -0.2) is 8.78 Å². The first-order chi connectivity index (χ1) is 11.1. The molecule has 23 heavy (non-hydrogen) atoms. The fraction of sp³-hybridized carbons (Fsp3) is 0.357. The fourth-order valence-corrected chi connectivity index (χ4v) is 3.72. The van der Waals surface area contributed by atoms with Gasteiger partial charge in [0.1, 0.15) is 11.2 Å². The molecule has 0 aliphatic carbocycles. The van der Waals surface area contributed by atoms with Gasteiger partial charge in [0.05, 0.1) is 5.75 Å². The highest BCUT2D eigenvalue weighted by Gasteiger charge is 2.21. The second kappa shape index (κ2) is 7.22. The van der Waals surface area contributed by atoms with Crippen molar-refractivity contribution in [1.82, 2.24) is 10.2 Å². The van der Waals surface area contributed by atoms with Crippen LogP contribution in [0.4, 0.5) is 20.2 Å². The highest BCUT2D eigenvalue weighted by molar-refractivity contribution is 8.01. The van der Waals surface area contributed by atoms with Gasteiger partial charge in [-0.15, -0.1) is 10.2 Å². The smallest absolute Gasteiger partial charge is 0.234 e. The number of nitrogens with one attached hydrogen (secondary N) is 1. The maximum Gasteiger partial charge on any atom is 0.234 e. The molecule has 1 fully saturated rings. The van der Waals surface area contributed by atoms with Crippen molar-refractivity contribution in [3.05, 3.63) is 29.3 Å². The number of anilines is 2. The normalized spacial score (nSPS) is 14.3. The molecular formula is C14H14F2N4OS2. The molecule has 0 spiro atoms. The van der Waals surface area contributed by atoms with Crippen LogP contribution in [0.15, 0.2) is 22.0 Å². The lowest BCUT2D eigenvalue weighted by Gasteiger charge is -2.19. The molecule has 2 heterocycles. The van der Waals surface area contributed by atoms with Gasteiger partial charge in [-0.2, -0.15) is 0 Å². The Hall–Kier alpha value is -1.74. The van der Waals surface area contributed by atoms with Gasteiger partial charge in [0, 0.05) is 18.8 Å². The molecule has 3 rings (SSSR count). The number of thioether (sulfide) groups is 1. The number of hydrogen-bond donors (Lipinski definition) is 1. The zero-order valence-corrected chi connectivity index (χ0v) is 13.7. The third-order valence-electron chi connectivity index (χ3n) is 3.39. The maximum atomic E-state index is 14.2. The Kier molecular flexibility index (Phi) is 5.06. The van der Waals surface area contributed by atoms with Gasteiger partial charge in [0.2, 0.25) is 5.91 Å². The van der Waals surface area contributed by atoms with Crippen molar-refractivity contribution in [3.8, 4) is 0 Å². The minimum atomic E-state index is -0.654. The zero-order valence-electron chi connectivity index (χ0n) is 12.1. The largest absolute Gasteiger partial charge is 0.367 e. The molecule has 1 aromatic heterocycles. The summed E-state index contributed by atoms with van der Waals surface area (Å²) >= 11 is 2.55. The third kappa shape index (κ3) is 3.97. The van der Waals surface area contributed by atoms with Gasteiger partial charge in [-0.3, -0.25) is 4.79 Å². The van der Waals surface area contributed by atoms with Gasteiger partial charge >= 0.3 is 0 Å². The molecule has 1 aromatic carbocycles. The van der Waals surface area contributed by atoms with E-state index in [1.165, 1.54) is 23.1 Å². The van der Waals surface area contributed by atoms with Crippen LogP contribution >= 0.6 is 23.1 Å². The molecule has 1 aliphatic heterocycles. The van der Waals surface area contributed by atoms with E-state index in [1.54, 1.807) is 10.4 Å². The number of halogens is 2. The Labute approximate surface area is 140 Å². The number of rotatable bonds is 5. The lowest BCUT2D eigenvalue weighted by molar-refractivity contribution is -0.113. The summed E-state index contributed by atoms with van der Waals surface area (Å²) in [6.07, 6.45) is 1.86. The van der Waals surface area contributed by atoms with Crippen LogP contribution in [-0.4, -0.2) is 34.9 Å². The predicted octanol–water partition coefficient (Wildman–Crippen LogP) is 3.15. The molecule has 1 saturated heterocycles. The van der Waals surface area contributed by atoms with Crippen LogP contribution in [0, 0.1) is 11.6 Å². The summed E-state index contributed by atoms with van der Waals surface area (Å²) in [4.78, 5) is 13.5. The summed E-state index contributed by atoms with van der Waals surface area (Å²) in [6, 6.07) is 2.31. The highest BCUT2D eigenvalue weighted by atomic mass is 32.2. The van der Waals surface area contributed by atoms with Gasteiger partial charge in [0.15, 0.2) is 16.0 Å². The fourth-order valence-electron chi connectivity index (χ4n) is 2.43. The summed E-state index contributed by atoms with van der Waals surface area (Å²) < 4.78 is 29.0. The highest BCUT2D eigenvalue weighted by Crippen LogP contribution is 2.29. The summed E-state index contributed by atoms with van der Waals surface area (Å²) in [6.45, 7) is 1.30. The SMILES string of the molecule is O=C(CSc1nncs1)Nc1cc(F)c(N2CCCC2)c(F)c1. The first kappa shape index (κ1) is 16.1. The van der Waals surface area contributed by atoms with Crippen molar-refractivity contribution < 1.29 is 13.6 Å². The minimum Gasteiger partial charge on any atom is -0.367 e. The van der Waals surface area contributed by atoms with Gasteiger partial charge in [0.25, 0.3) is 0 Å². The Balaban J connectivity index is 1.64. The molecule has 1 aliphatic rings. The first-order valence-corrected chi connectivity index (χ1v) is 8.93. The number of benzene rings is 1. The number of carbonyl (C=O) groups is 1. The summed E-state index contributed by atoms with van der Waals surface area (Å²) in [5.74, 6) is -1.55. The molecule has 5 nitrogen and oxygen atoms in total. The molecule has 0 atom stereocenters. The van der Waals surface area contributed by atoms with Crippen LogP contribution in [0.25, 0.3) is 0 Å². The number of amides is 1. The lowest BCUT2D eigenvalue weighted by Crippen LogP contribution is -2.21. The molecule has 0 unspecified atom stereocenters. The number of aromatic nitrogens is 2. The van der Waals surface area contributed by atoms with Crippen LogP contribution in [0.1, 0.15) is 12.8 Å². The standard InChI is InChI=1S/C14H14F2N4OS2/c15-10-5-9(6-11(16)13(10)20-3-1-2-4-20)18-12(21)7-22-14-19-17-8-23-14/h5-6,8H,1-4,7H2,(H,18,21). The topological polar surface area (TPSA) is 58.1 Å². The molecule has 0 bridgehead atoms. The summed E-state index contributed by atoms with van der Waals surface area (Å²) in [7, 11) is 0. The average Bonchev–Trinajstić information content (AvgIpc) is 3.18. The van der Waals surface area contributed by atoms with E-state index in [0.717, 1.165) is 25.0 Å². The van der Waals surface area contributed by atoms with Crippen LogP contribution in [0.2, 0.25) is 0 Å². The molecule has 9 heteroatoms. The maximum absolute atomic E-state index is 14.2. The lowest BCUT2D eigenvalue weighted by atomic mass is 10.2. The second-order valence-corrected chi connectivity index (χ2v) is 7.08. The van der Waals surface area contributed by atoms with E-state index in [2.05, 4.69) is 15.5 Å². The Bertz CT molecular complexity index is 667. The van der Waals surface area contributed by atoms with Crippen molar-refractivity contribution in [2.75, 3.05) is 29.1 Å². The monoisotopic (exact) mass is 356 g/mol. The number of hydrogen-bond acceptors (Lipinski definition) is 6. The van der Waals surface area contributed by atoms with E-state index in [0.29, 0.717) is 17.4 Å². The zero-order chi connectivity index (χ0) is 16.2. The van der Waals surface area contributed by atoms with E-state index >= 15 is 0 Å². The first-order valence-electron chi connectivity index (χ1n) is 7.06. The van der Waals surface area contributed by atoms with Gasteiger partial charge in [-0.1, -0.05) is 23.1 Å². The van der Waals surface area contributed by atoms with Crippen molar-refractivity contribution in [2.45, 2.75) is 17.2 Å². The van der Waals surface area contributed by atoms with E-state index in [9.17, 15) is 13.6 Å². The minimum absolute atomic E-state index is 0.0104. The van der Waals surface area contributed by atoms with Crippen LogP contribution in [0.3, 0.4) is 0 Å². The van der Waals surface area contributed by atoms with Crippen LogP contribution in [-0.2, 0) is 4.79 Å². The van der Waals surface area contributed by atoms with E-state index in [-0.39, 0.29) is 23.0 Å². The second-order valence-electron chi connectivity index (χ2n) is 5.02. The molecule has 122 valence electrons. The molecule has 2 aromatic rings. The van der Waals surface area contributed by atoms with Crippen LogP contribution < -0.4 is 10.2 Å². The Morgan fingerprint density at radius 1 is 1.30 bits per heavy atom. The third-order valence-corrected chi connectivity index (χ3v) is 5.25.